The molecule has 1 amide bonds. The van der Waals surface area contributed by atoms with E-state index >= 15 is 0 Å². The van der Waals surface area contributed by atoms with Crippen LogP contribution in [0.5, 0.6) is 0 Å². The van der Waals surface area contributed by atoms with Crippen molar-refractivity contribution in [1.82, 2.24) is 0 Å². The first kappa shape index (κ1) is 16.1. The summed E-state index contributed by atoms with van der Waals surface area (Å²) in [4.78, 5) is 12.3. The largest absolute Gasteiger partial charge is 0.329 e. The molecule has 1 aromatic rings. The summed E-state index contributed by atoms with van der Waals surface area (Å²) in [5, 5.41) is 3.09. The van der Waals surface area contributed by atoms with E-state index in [-0.39, 0.29) is 12.5 Å². The van der Waals surface area contributed by atoms with E-state index in [2.05, 4.69) is 10.0 Å². The van der Waals surface area contributed by atoms with E-state index in [0.29, 0.717) is 16.4 Å². The predicted octanol–water partition coefficient (Wildman–Crippen LogP) is 1.78. The number of amides is 1. The van der Waals surface area contributed by atoms with Crippen molar-refractivity contribution in [2.45, 2.75) is 19.3 Å². The maximum absolute atomic E-state index is 12.3. The molecule has 1 aliphatic rings. The quantitative estimate of drug-likeness (QED) is 0.765. The maximum atomic E-state index is 12.3. The Morgan fingerprint density at radius 1 is 1.43 bits per heavy atom. The van der Waals surface area contributed by atoms with Crippen LogP contribution >= 0.6 is 11.6 Å². The van der Waals surface area contributed by atoms with Gasteiger partial charge in [0.25, 0.3) is 0 Å². The second kappa shape index (κ2) is 5.82. The Labute approximate surface area is 129 Å². The average molecular weight is 332 g/mol. The van der Waals surface area contributed by atoms with E-state index < -0.39 is 15.4 Å². The fourth-order valence-corrected chi connectivity index (χ4v) is 3.00. The molecule has 0 bridgehead atoms. The lowest BCUT2D eigenvalue weighted by Gasteiger charge is -2.39. The molecule has 0 atom stereocenters. The summed E-state index contributed by atoms with van der Waals surface area (Å²) >= 11 is 6.04. The molecule has 1 aliphatic carbocycles. The van der Waals surface area contributed by atoms with Crippen LogP contribution < -0.4 is 15.8 Å². The van der Waals surface area contributed by atoms with Crippen LogP contribution in [0.1, 0.15) is 19.3 Å². The van der Waals surface area contributed by atoms with E-state index in [1.165, 1.54) is 18.2 Å². The van der Waals surface area contributed by atoms with E-state index in [1.807, 2.05) is 0 Å². The molecule has 0 unspecified atom stereocenters. The lowest BCUT2D eigenvalue weighted by Crippen LogP contribution is -2.47. The van der Waals surface area contributed by atoms with E-state index in [0.717, 1.165) is 25.5 Å². The van der Waals surface area contributed by atoms with Gasteiger partial charge in [-0.2, -0.15) is 0 Å². The Balaban J connectivity index is 2.19. The molecule has 4 N–H and O–H groups in total. The molecule has 2 rings (SSSR count). The number of hydrogen-bond donors (Lipinski definition) is 3. The van der Waals surface area contributed by atoms with Gasteiger partial charge in [0, 0.05) is 6.54 Å². The van der Waals surface area contributed by atoms with Gasteiger partial charge in [0.1, 0.15) is 0 Å². The molecule has 6 nitrogen and oxygen atoms in total. The van der Waals surface area contributed by atoms with Crippen molar-refractivity contribution in [3.63, 3.8) is 0 Å². The normalized spacial score (nSPS) is 16.9. The Morgan fingerprint density at radius 3 is 2.57 bits per heavy atom. The number of carbonyl (C=O) groups excluding carboxylic acids is 1. The fourth-order valence-electron chi connectivity index (χ4n) is 2.28. The number of nitrogens with two attached hydrogens (primary N) is 1. The number of halogens is 1. The molecule has 0 aliphatic heterocycles. The van der Waals surface area contributed by atoms with Gasteiger partial charge in [-0.15, -0.1) is 0 Å². The maximum Gasteiger partial charge on any atom is 0.231 e. The van der Waals surface area contributed by atoms with Gasteiger partial charge >= 0.3 is 0 Å². The molecule has 0 radical (unpaired) electrons. The zero-order valence-corrected chi connectivity index (χ0v) is 13.2. The SMILES string of the molecule is CS(=O)(=O)Nc1ccc(Cl)c(NC(=O)C2(CN)CCC2)c1. The van der Waals surface area contributed by atoms with Crippen LogP contribution in [-0.4, -0.2) is 27.1 Å². The highest BCUT2D eigenvalue weighted by molar-refractivity contribution is 7.92. The number of rotatable bonds is 5. The van der Waals surface area contributed by atoms with Crippen LogP contribution in [0.4, 0.5) is 11.4 Å². The molecule has 1 saturated carbocycles. The summed E-state index contributed by atoms with van der Waals surface area (Å²) < 4.78 is 24.8. The van der Waals surface area contributed by atoms with Gasteiger partial charge in [-0.3, -0.25) is 9.52 Å². The van der Waals surface area contributed by atoms with Crippen molar-refractivity contribution in [3.05, 3.63) is 23.2 Å². The van der Waals surface area contributed by atoms with Gasteiger partial charge < -0.3 is 11.1 Å². The number of benzene rings is 1. The zero-order valence-electron chi connectivity index (χ0n) is 11.6. The van der Waals surface area contributed by atoms with E-state index in [9.17, 15) is 13.2 Å². The van der Waals surface area contributed by atoms with Crippen molar-refractivity contribution < 1.29 is 13.2 Å². The first-order chi connectivity index (χ1) is 9.76. The molecule has 0 heterocycles. The Bertz CT molecular complexity index is 651. The van der Waals surface area contributed by atoms with Crippen molar-refractivity contribution in [3.8, 4) is 0 Å². The second-order valence-corrected chi connectivity index (χ2v) is 7.52. The van der Waals surface area contributed by atoms with Crippen LogP contribution in [0.3, 0.4) is 0 Å². The van der Waals surface area contributed by atoms with E-state index in [1.54, 1.807) is 0 Å². The molecule has 21 heavy (non-hydrogen) atoms. The summed E-state index contributed by atoms with van der Waals surface area (Å²) in [5.41, 5.74) is 5.88. The van der Waals surface area contributed by atoms with Gasteiger partial charge in [-0.1, -0.05) is 18.0 Å². The average Bonchev–Trinajstić information content (AvgIpc) is 2.31. The summed E-state index contributed by atoms with van der Waals surface area (Å²) in [7, 11) is -3.39. The fraction of sp³-hybridized carbons (Fsp3) is 0.462. The second-order valence-electron chi connectivity index (χ2n) is 5.36. The van der Waals surface area contributed by atoms with Crippen LogP contribution in [0.2, 0.25) is 5.02 Å². The third-order valence-corrected chi connectivity index (χ3v) is 4.64. The highest BCUT2D eigenvalue weighted by Crippen LogP contribution is 2.41. The topological polar surface area (TPSA) is 101 Å². The van der Waals surface area contributed by atoms with Crippen LogP contribution in [0.25, 0.3) is 0 Å². The standard InChI is InChI=1S/C13H18ClN3O3S/c1-21(19,20)17-9-3-4-10(14)11(7-9)16-12(18)13(8-15)5-2-6-13/h3-4,7,17H,2,5-6,8,15H2,1H3,(H,16,18). The molecular formula is C13H18ClN3O3S. The third kappa shape index (κ3) is 3.66. The lowest BCUT2D eigenvalue weighted by atomic mass is 9.68. The Kier molecular flexibility index (Phi) is 4.46. The van der Waals surface area contributed by atoms with Gasteiger partial charge in [-0.05, 0) is 31.0 Å². The van der Waals surface area contributed by atoms with Gasteiger partial charge in [0.15, 0.2) is 0 Å². The predicted molar refractivity (Wildman–Crippen MR) is 83.9 cm³/mol. The van der Waals surface area contributed by atoms with Gasteiger partial charge in [0.2, 0.25) is 15.9 Å². The molecule has 1 aromatic carbocycles. The molecule has 8 heteroatoms. The minimum Gasteiger partial charge on any atom is -0.329 e. The first-order valence-corrected chi connectivity index (χ1v) is 8.82. The monoisotopic (exact) mass is 331 g/mol. The van der Waals surface area contributed by atoms with E-state index in [4.69, 9.17) is 17.3 Å². The molecule has 0 saturated heterocycles. The van der Waals surface area contributed by atoms with Crippen molar-refractivity contribution >= 4 is 38.9 Å². The Hall–Kier alpha value is -1.31. The van der Waals surface area contributed by atoms with Crippen LogP contribution in [0, 0.1) is 5.41 Å². The summed E-state index contributed by atoms with van der Waals surface area (Å²) in [6.45, 7) is 0.289. The van der Waals surface area contributed by atoms with Crippen molar-refractivity contribution in [2.75, 3.05) is 22.8 Å². The zero-order chi connectivity index (χ0) is 15.7. The molecule has 0 spiro atoms. The van der Waals surface area contributed by atoms with Gasteiger partial charge in [0.05, 0.1) is 28.1 Å². The van der Waals surface area contributed by atoms with Gasteiger partial charge in [-0.25, -0.2) is 8.42 Å². The van der Waals surface area contributed by atoms with Crippen molar-refractivity contribution in [2.24, 2.45) is 11.1 Å². The highest BCUT2D eigenvalue weighted by atomic mass is 35.5. The molecule has 116 valence electrons. The Morgan fingerprint density at radius 2 is 2.10 bits per heavy atom. The molecular weight excluding hydrogens is 314 g/mol. The smallest absolute Gasteiger partial charge is 0.231 e. The third-order valence-electron chi connectivity index (χ3n) is 3.70. The summed E-state index contributed by atoms with van der Waals surface area (Å²) in [5.74, 6) is -0.172. The number of hydrogen-bond acceptors (Lipinski definition) is 4. The summed E-state index contributed by atoms with van der Waals surface area (Å²) in [6.07, 6.45) is 3.55. The number of sulfonamides is 1. The number of anilines is 2. The lowest BCUT2D eigenvalue weighted by molar-refractivity contribution is -0.129. The highest BCUT2D eigenvalue weighted by Gasteiger charge is 2.42. The minimum atomic E-state index is -3.39. The minimum absolute atomic E-state index is 0.172. The molecule has 0 aromatic heterocycles. The molecule has 1 fully saturated rings. The van der Waals surface area contributed by atoms with Crippen LogP contribution in [-0.2, 0) is 14.8 Å². The summed E-state index contributed by atoms with van der Waals surface area (Å²) in [6, 6.07) is 4.55. The number of nitrogens with one attached hydrogen (secondary N) is 2. The first-order valence-electron chi connectivity index (χ1n) is 6.55. The number of carbonyl (C=O) groups is 1. The van der Waals surface area contributed by atoms with Crippen LogP contribution in [0.15, 0.2) is 18.2 Å². The van der Waals surface area contributed by atoms with Crippen molar-refractivity contribution in [1.29, 1.82) is 0 Å².